The second-order valence-electron chi connectivity index (χ2n) is 4.01. The van der Waals surface area contributed by atoms with Crippen molar-refractivity contribution in [2.75, 3.05) is 6.61 Å². The van der Waals surface area contributed by atoms with Crippen molar-refractivity contribution in [2.24, 2.45) is 0 Å². The molecule has 0 unspecified atom stereocenters. The molecule has 1 aromatic carbocycles. The number of carbonyl (C=O) groups excluding carboxylic acids is 1. The summed E-state index contributed by atoms with van der Waals surface area (Å²) in [5.41, 5.74) is -3.24. The molecule has 0 atom stereocenters. The van der Waals surface area contributed by atoms with E-state index in [0.717, 1.165) is 0 Å². The van der Waals surface area contributed by atoms with Crippen molar-refractivity contribution in [3.63, 3.8) is 0 Å². The fraction of sp³-hybridized carbons (Fsp3) is 0.231. The molecule has 0 aliphatic heterocycles. The number of halogens is 3. The molecule has 2 rings (SSSR count). The van der Waals surface area contributed by atoms with Crippen molar-refractivity contribution in [2.45, 2.75) is 13.1 Å². The van der Waals surface area contributed by atoms with Crippen LogP contribution in [-0.2, 0) is 0 Å². The molecule has 11 heteroatoms. The number of carbonyl (C=O) groups is 1. The van der Waals surface area contributed by atoms with Crippen LogP contribution >= 0.6 is 0 Å². The Hall–Kier alpha value is -1.01. The van der Waals surface area contributed by atoms with E-state index in [0.29, 0.717) is 0 Å². The smallest absolute Gasteiger partial charge is 0.455 e. The average Bonchev–Trinajstić information content (AvgIpc) is 2.39. The number of fused-ring (bicyclic) bond motifs is 1. The van der Waals surface area contributed by atoms with Crippen LogP contribution in [0.15, 0.2) is 27.4 Å². The maximum absolute atomic E-state index is 12.4. The second kappa shape index (κ2) is 9.47. The molecule has 0 amide bonds. The van der Waals surface area contributed by atoms with Crippen LogP contribution < -0.4 is 10.4 Å². The van der Waals surface area contributed by atoms with E-state index < -0.39 is 28.9 Å². The van der Waals surface area contributed by atoms with Gasteiger partial charge in [-0.3, -0.25) is 4.79 Å². The van der Waals surface area contributed by atoms with Gasteiger partial charge < -0.3 is 25.2 Å². The molecular weight excluding hydrogens is 477 g/mol. The van der Waals surface area contributed by atoms with Crippen LogP contribution in [-0.4, -0.2) is 34.6 Å². The van der Waals surface area contributed by atoms with E-state index in [-0.39, 0.29) is 83.7 Å². The number of benzene rings is 1. The summed E-state index contributed by atoms with van der Waals surface area (Å²) in [6, 6.07) is 4.01. The molecule has 0 aliphatic rings. The first-order valence-corrected chi connectivity index (χ1v) is 5.80. The SMILES string of the molecule is CCOc1cccc2c(O)c(C(=O)C(F)(F)F)c(=O)oc12.O.O.[Eu]. The van der Waals surface area contributed by atoms with E-state index in [1.54, 1.807) is 6.92 Å². The number of ether oxygens (including phenoxy) is 1. The zero-order chi connectivity index (χ0) is 15.8. The Bertz CT molecular complexity index is 770. The van der Waals surface area contributed by atoms with Crippen LogP contribution in [0.4, 0.5) is 13.2 Å². The minimum atomic E-state index is -5.29. The van der Waals surface area contributed by atoms with Crippen LogP contribution in [0.5, 0.6) is 11.5 Å². The number of alkyl halides is 3. The van der Waals surface area contributed by atoms with Crippen LogP contribution in [0.25, 0.3) is 11.0 Å². The van der Waals surface area contributed by atoms with Gasteiger partial charge in [-0.05, 0) is 19.1 Å². The molecule has 0 spiro atoms. The predicted molar refractivity (Wildman–Crippen MR) is 72.9 cm³/mol. The first kappa shape index (κ1) is 25.2. The zero-order valence-corrected chi connectivity index (χ0v) is 14.5. The summed E-state index contributed by atoms with van der Waals surface area (Å²) >= 11 is 0. The van der Waals surface area contributed by atoms with Gasteiger partial charge in [-0.1, -0.05) is 6.07 Å². The molecule has 0 saturated carbocycles. The molecule has 5 N–H and O–H groups in total. The molecule has 0 saturated heterocycles. The number of Topliss-reactive ketones (excluding diaryl/α,β-unsaturated/α-hetero) is 1. The van der Waals surface area contributed by atoms with Gasteiger partial charge in [-0.2, -0.15) is 13.2 Å². The summed E-state index contributed by atoms with van der Waals surface area (Å²) < 4.78 is 47.1. The normalized spacial score (nSPS) is 10.2. The predicted octanol–water partition coefficient (Wildman–Crippen LogP) is 0.993. The summed E-state index contributed by atoms with van der Waals surface area (Å²) in [6.07, 6.45) is -5.29. The van der Waals surface area contributed by atoms with E-state index in [4.69, 9.17) is 9.15 Å². The topological polar surface area (TPSA) is 140 Å². The molecule has 135 valence electrons. The first-order chi connectivity index (χ1) is 9.77. The van der Waals surface area contributed by atoms with Crippen molar-refractivity contribution in [1.82, 2.24) is 0 Å². The molecule has 1 aromatic heterocycles. The van der Waals surface area contributed by atoms with E-state index in [1.807, 2.05) is 0 Å². The van der Waals surface area contributed by atoms with Crippen molar-refractivity contribution in [3.05, 3.63) is 34.2 Å². The molecule has 1 heterocycles. The Morgan fingerprint density at radius 3 is 2.38 bits per heavy atom. The Balaban J connectivity index is 0. The monoisotopic (exact) mass is 491 g/mol. The van der Waals surface area contributed by atoms with Crippen molar-refractivity contribution in [3.8, 4) is 11.5 Å². The molecule has 1 radical (unpaired) electrons. The maximum atomic E-state index is 12.4. The molecule has 0 bridgehead atoms. The Morgan fingerprint density at radius 2 is 1.88 bits per heavy atom. The van der Waals surface area contributed by atoms with Crippen LogP contribution in [0.2, 0.25) is 0 Å². The van der Waals surface area contributed by atoms with Gasteiger partial charge in [0.1, 0.15) is 5.75 Å². The van der Waals surface area contributed by atoms with E-state index in [2.05, 4.69) is 0 Å². The summed E-state index contributed by atoms with van der Waals surface area (Å²) in [5.74, 6) is -3.46. The third-order valence-corrected chi connectivity index (χ3v) is 2.65. The summed E-state index contributed by atoms with van der Waals surface area (Å²) in [5, 5.41) is 9.61. The summed E-state index contributed by atoms with van der Waals surface area (Å²) in [7, 11) is 0. The van der Waals surface area contributed by atoms with Gasteiger partial charge in [-0.25, -0.2) is 4.79 Å². The molecule has 24 heavy (non-hydrogen) atoms. The number of rotatable bonds is 3. The Kier molecular flexibility index (Phi) is 9.96. The van der Waals surface area contributed by atoms with Gasteiger partial charge in [0, 0.05) is 49.4 Å². The molecule has 0 aliphatic carbocycles. The number of para-hydroxylation sites is 1. The van der Waals surface area contributed by atoms with Crippen molar-refractivity contribution in [1.29, 1.82) is 0 Å². The number of hydrogen-bond acceptors (Lipinski definition) is 5. The molecular formula is C13H13EuF3O7. The van der Waals surface area contributed by atoms with E-state index in [1.165, 1.54) is 18.2 Å². The van der Waals surface area contributed by atoms with Gasteiger partial charge in [0.05, 0.1) is 12.0 Å². The van der Waals surface area contributed by atoms with E-state index >= 15 is 0 Å². The first-order valence-electron chi connectivity index (χ1n) is 5.80. The molecule has 0 fully saturated rings. The average molecular weight is 490 g/mol. The van der Waals surface area contributed by atoms with Gasteiger partial charge in [0.25, 0.3) is 5.78 Å². The molecule has 2 aromatic rings. The zero-order valence-electron chi connectivity index (χ0n) is 12.0. The fourth-order valence-electron chi connectivity index (χ4n) is 1.79. The largest absolute Gasteiger partial charge is 0.506 e. The van der Waals surface area contributed by atoms with Gasteiger partial charge in [0.15, 0.2) is 16.9 Å². The van der Waals surface area contributed by atoms with Crippen LogP contribution in [0.1, 0.15) is 17.3 Å². The van der Waals surface area contributed by atoms with E-state index in [9.17, 15) is 27.9 Å². The summed E-state index contributed by atoms with van der Waals surface area (Å²) in [4.78, 5) is 22.8. The van der Waals surface area contributed by atoms with Crippen LogP contribution in [0.3, 0.4) is 0 Å². The number of aromatic hydroxyl groups is 1. The standard InChI is InChI=1S/C13H9F3O5.Eu.2H2O/c1-2-20-7-5-3-4-6-9(17)8(11(18)13(14,15)16)12(19)21-10(6)7;;;/h3-5,17H,2H2,1H3;;2*1H2. The summed E-state index contributed by atoms with van der Waals surface area (Å²) in [6.45, 7) is 1.87. The Labute approximate surface area is 173 Å². The minimum absolute atomic E-state index is 0. The molecule has 7 nitrogen and oxygen atoms in total. The number of ketones is 1. The third kappa shape index (κ3) is 4.76. The minimum Gasteiger partial charge on any atom is -0.506 e. The third-order valence-electron chi connectivity index (χ3n) is 2.65. The Morgan fingerprint density at radius 1 is 1.29 bits per heavy atom. The second-order valence-corrected chi connectivity index (χ2v) is 4.01. The van der Waals surface area contributed by atoms with Crippen molar-refractivity contribution >= 4 is 16.8 Å². The quantitative estimate of drug-likeness (QED) is 0.505. The van der Waals surface area contributed by atoms with Crippen LogP contribution in [0, 0.1) is 49.4 Å². The van der Waals surface area contributed by atoms with Gasteiger partial charge in [0.2, 0.25) is 0 Å². The van der Waals surface area contributed by atoms with Crippen molar-refractivity contribution < 1.29 is 92.6 Å². The maximum Gasteiger partial charge on any atom is 0.455 e. The number of hydrogen-bond donors (Lipinski definition) is 1. The van der Waals surface area contributed by atoms with Gasteiger partial charge >= 0.3 is 11.8 Å². The fourth-order valence-corrected chi connectivity index (χ4v) is 1.79. The van der Waals surface area contributed by atoms with Gasteiger partial charge in [-0.15, -0.1) is 0 Å².